The van der Waals surface area contributed by atoms with E-state index in [0.29, 0.717) is 11.1 Å². The number of anilines is 6. The third kappa shape index (κ3) is 8.53. The Morgan fingerprint density at radius 2 is 0.554 bits per heavy atom. The SMILES string of the molecule is Cc1ccc(N(c2ccc(C)cc2)c2ccc(C=C(C#N)c3ccc(C(C#N)=Cc4ccc(N(c5ccc(C)cc5)c5ccc(C)cc5)cc4)cc3)cc2)cc1. The lowest BCUT2D eigenvalue weighted by Crippen LogP contribution is -2.09. The van der Waals surface area contributed by atoms with Gasteiger partial charge in [0.25, 0.3) is 0 Å². The number of benzene rings is 7. The van der Waals surface area contributed by atoms with Crippen LogP contribution in [0.5, 0.6) is 0 Å². The van der Waals surface area contributed by atoms with Crippen molar-refractivity contribution in [2.24, 2.45) is 0 Å². The summed E-state index contributed by atoms with van der Waals surface area (Å²) in [5.41, 5.74) is 15.7. The molecule has 4 heteroatoms. The van der Waals surface area contributed by atoms with Crippen LogP contribution >= 0.6 is 0 Å². The highest BCUT2D eigenvalue weighted by atomic mass is 15.1. The quantitative estimate of drug-likeness (QED) is 0.104. The number of aryl methyl sites for hydroxylation is 4. The molecular formula is C52H42N4. The van der Waals surface area contributed by atoms with E-state index in [2.05, 4.69) is 171 Å². The van der Waals surface area contributed by atoms with E-state index >= 15 is 0 Å². The molecule has 0 spiro atoms. The van der Waals surface area contributed by atoms with E-state index in [0.717, 1.165) is 56.4 Å². The van der Waals surface area contributed by atoms with Gasteiger partial charge < -0.3 is 9.80 Å². The van der Waals surface area contributed by atoms with Crippen molar-refractivity contribution >= 4 is 57.4 Å². The molecule has 0 unspecified atom stereocenters. The Morgan fingerprint density at radius 3 is 0.768 bits per heavy atom. The van der Waals surface area contributed by atoms with Crippen LogP contribution in [-0.2, 0) is 0 Å². The Balaban J connectivity index is 1.10. The summed E-state index contributed by atoms with van der Waals surface area (Å²) >= 11 is 0. The van der Waals surface area contributed by atoms with E-state index in [1.165, 1.54) is 22.3 Å². The molecular weight excluding hydrogens is 681 g/mol. The fraction of sp³-hybridized carbons (Fsp3) is 0.0769. The zero-order chi connectivity index (χ0) is 39.0. The molecule has 0 heterocycles. The molecule has 0 aliphatic rings. The number of rotatable bonds is 10. The van der Waals surface area contributed by atoms with Gasteiger partial charge in [0.05, 0.1) is 23.3 Å². The van der Waals surface area contributed by atoms with Crippen LogP contribution in [0.15, 0.2) is 170 Å². The van der Waals surface area contributed by atoms with Gasteiger partial charge >= 0.3 is 0 Å². The molecule has 0 N–H and O–H groups in total. The van der Waals surface area contributed by atoms with Crippen molar-refractivity contribution in [1.29, 1.82) is 10.5 Å². The molecule has 0 saturated carbocycles. The summed E-state index contributed by atoms with van der Waals surface area (Å²) < 4.78 is 0. The smallest absolute Gasteiger partial charge is 0.0998 e. The van der Waals surface area contributed by atoms with Crippen LogP contribution in [0.4, 0.5) is 34.1 Å². The molecule has 0 bridgehead atoms. The normalized spacial score (nSPS) is 11.4. The number of allylic oxidation sites excluding steroid dienone is 2. The first kappa shape index (κ1) is 36.9. The Kier molecular flexibility index (Phi) is 11.0. The summed E-state index contributed by atoms with van der Waals surface area (Å²) in [4.78, 5) is 4.47. The average Bonchev–Trinajstić information content (AvgIpc) is 3.23. The molecule has 56 heavy (non-hydrogen) atoms. The Labute approximate surface area is 330 Å². The minimum absolute atomic E-state index is 0.544. The molecule has 7 rings (SSSR count). The minimum Gasteiger partial charge on any atom is -0.311 e. The van der Waals surface area contributed by atoms with Crippen LogP contribution in [0.25, 0.3) is 23.3 Å². The van der Waals surface area contributed by atoms with Gasteiger partial charge in [-0.2, -0.15) is 10.5 Å². The maximum absolute atomic E-state index is 10.2. The number of nitriles is 2. The first-order valence-corrected chi connectivity index (χ1v) is 18.7. The van der Waals surface area contributed by atoms with Crippen LogP contribution in [0.1, 0.15) is 44.5 Å². The maximum Gasteiger partial charge on any atom is 0.0998 e. The Morgan fingerprint density at radius 1 is 0.339 bits per heavy atom. The van der Waals surface area contributed by atoms with Crippen LogP contribution in [0, 0.1) is 50.4 Å². The average molecular weight is 723 g/mol. The first-order valence-electron chi connectivity index (χ1n) is 18.7. The summed E-state index contributed by atoms with van der Waals surface area (Å²) in [6.07, 6.45) is 3.81. The molecule has 0 atom stereocenters. The van der Waals surface area contributed by atoms with Gasteiger partial charge in [-0.1, -0.05) is 119 Å². The summed E-state index contributed by atoms with van der Waals surface area (Å²) in [6.45, 7) is 8.37. The summed E-state index contributed by atoms with van der Waals surface area (Å²) in [7, 11) is 0. The van der Waals surface area contributed by atoms with E-state index in [-0.39, 0.29) is 0 Å². The zero-order valence-electron chi connectivity index (χ0n) is 32.1. The molecule has 0 amide bonds. The maximum atomic E-state index is 10.2. The van der Waals surface area contributed by atoms with Crippen molar-refractivity contribution < 1.29 is 0 Å². The predicted molar refractivity (Wildman–Crippen MR) is 235 cm³/mol. The van der Waals surface area contributed by atoms with E-state index in [4.69, 9.17) is 0 Å². The molecule has 7 aromatic carbocycles. The van der Waals surface area contributed by atoms with Gasteiger partial charge in [0.1, 0.15) is 0 Å². The third-order valence-electron chi connectivity index (χ3n) is 9.84. The van der Waals surface area contributed by atoms with Gasteiger partial charge in [-0.25, -0.2) is 0 Å². The topological polar surface area (TPSA) is 54.1 Å². The van der Waals surface area contributed by atoms with Crippen molar-refractivity contribution in [3.8, 4) is 12.1 Å². The monoisotopic (exact) mass is 722 g/mol. The van der Waals surface area contributed by atoms with E-state index in [9.17, 15) is 10.5 Å². The highest BCUT2D eigenvalue weighted by Gasteiger charge is 2.14. The van der Waals surface area contributed by atoms with Crippen molar-refractivity contribution in [3.05, 3.63) is 214 Å². The molecule has 0 aliphatic heterocycles. The second-order valence-electron chi connectivity index (χ2n) is 14.1. The number of nitrogens with zero attached hydrogens (tertiary/aromatic N) is 4. The minimum atomic E-state index is 0.544. The molecule has 0 radical (unpaired) electrons. The molecule has 0 aliphatic carbocycles. The van der Waals surface area contributed by atoms with Gasteiger partial charge in [-0.05, 0) is 135 Å². The molecule has 4 nitrogen and oxygen atoms in total. The van der Waals surface area contributed by atoms with Crippen molar-refractivity contribution in [2.45, 2.75) is 27.7 Å². The van der Waals surface area contributed by atoms with Crippen LogP contribution in [0.3, 0.4) is 0 Å². The van der Waals surface area contributed by atoms with Crippen LogP contribution in [0.2, 0.25) is 0 Å². The third-order valence-corrected chi connectivity index (χ3v) is 9.84. The molecule has 270 valence electrons. The van der Waals surface area contributed by atoms with Crippen molar-refractivity contribution in [3.63, 3.8) is 0 Å². The molecule has 0 aromatic heterocycles. The highest BCUT2D eigenvalue weighted by Crippen LogP contribution is 2.37. The summed E-state index contributed by atoms with van der Waals surface area (Å²) in [5.74, 6) is 0. The van der Waals surface area contributed by atoms with E-state index < -0.39 is 0 Å². The molecule has 7 aromatic rings. The van der Waals surface area contributed by atoms with Crippen molar-refractivity contribution in [1.82, 2.24) is 0 Å². The zero-order valence-corrected chi connectivity index (χ0v) is 32.1. The van der Waals surface area contributed by atoms with Gasteiger partial charge in [-0.3, -0.25) is 0 Å². The standard InChI is InChI=1S/C52H42N4/c1-37-5-21-47(22-6-37)55(48-23-7-38(2)8-24-48)51-29-13-41(14-30-51)33-45(35-53)43-17-19-44(20-18-43)46(36-54)34-42-15-31-52(32-16-42)56(49-25-9-39(3)10-26-49)50-27-11-40(4)12-28-50/h5-34H,1-4H3. The second-order valence-corrected chi connectivity index (χ2v) is 14.1. The fourth-order valence-corrected chi connectivity index (χ4v) is 6.63. The second kappa shape index (κ2) is 16.7. The number of hydrogen-bond acceptors (Lipinski definition) is 4. The Bertz CT molecular complexity index is 2290. The summed E-state index contributed by atoms with van der Waals surface area (Å²) in [6, 6.07) is 63.0. The Hall–Kier alpha value is -7.40. The van der Waals surface area contributed by atoms with Gasteiger partial charge in [-0.15, -0.1) is 0 Å². The first-order chi connectivity index (χ1) is 27.3. The molecule has 0 saturated heterocycles. The van der Waals surface area contributed by atoms with E-state index in [1.54, 1.807) is 0 Å². The lowest BCUT2D eigenvalue weighted by atomic mass is 9.98. The van der Waals surface area contributed by atoms with Gasteiger partial charge in [0.15, 0.2) is 0 Å². The van der Waals surface area contributed by atoms with E-state index in [1.807, 2.05) is 60.7 Å². The van der Waals surface area contributed by atoms with Gasteiger partial charge in [0, 0.05) is 34.1 Å². The summed E-state index contributed by atoms with van der Waals surface area (Å²) in [5, 5.41) is 20.4. The fourth-order valence-electron chi connectivity index (χ4n) is 6.63. The van der Waals surface area contributed by atoms with Crippen LogP contribution < -0.4 is 9.80 Å². The molecule has 0 fully saturated rings. The lowest BCUT2D eigenvalue weighted by Gasteiger charge is -2.26. The number of hydrogen-bond donors (Lipinski definition) is 0. The largest absolute Gasteiger partial charge is 0.311 e. The van der Waals surface area contributed by atoms with Crippen molar-refractivity contribution in [2.75, 3.05) is 9.80 Å². The van der Waals surface area contributed by atoms with Crippen LogP contribution in [-0.4, -0.2) is 0 Å². The lowest BCUT2D eigenvalue weighted by molar-refractivity contribution is 1.27. The van der Waals surface area contributed by atoms with Gasteiger partial charge in [0.2, 0.25) is 0 Å². The highest BCUT2D eigenvalue weighted by molar-refractivity contribution is 5.93. The predicted octanol–water partition coefficient (Wildman–Crippen LogP) is 14.0.